The average Bonchev–Trinajstić information content (AvgIpc) is 3.26. The molecule has 1 aliphatic heterocycles. The first kappa shape index (κ1) is 42.3. The average molecular weight is 818 g/mol. The van der Waals surface area contributed by atoms with Crippen LogP contribution in [0.3, 0.4) is 0 Å². The molecular weight excluding hydrogens is 757 g/mol. The minimum Gasteiger partial charge on any atom is -0.456 e. The van der Waals surface area contributed by atoms with Crippen LogP contribution < -0.4 is 14.5 Å². The summed E-state index contributed by atoms with van der Waals surface area (Å²) in [5, 5.41) is 1.09. The minimum atomic E-state index is -0.0192. The number of allylic oxidation sites excluding steroid dienone is 8. The van der Waals surface area contributed by atoms with E-state index < -0.39 is 0 Å². The molecule has 1 aromatic heterocycles. The van der Waals surface area contributed by atoms with Gasteiger partial charge in [-0.2, -0.15) is 0 Å². The Kier molecular flexibility index (Phi) is 11.7. The molecule has 0 radical (unpaired) electrons. The maximum atomic E-state index is 6.63. The van der Waals surface area contributed by atoms with Gasteiger partial charge < -0.3 is 14.5 Å². The summed E-state index contributed by atoms with van der Waals surface area (Å²) >= 11 is 0. The van der Waals surface area contributed by atoms with Gasteiger partial charge in [0.15, 0.2) is 0 Å². The molecule has 0 fully saturated rings. The van der Waals surface area contributed by atoms with Gasteiger partial charge in [-0.05, 0) is 112 Å². The summed E-state index contributed by atoms with van der Waals surface area (Å²) in [7, 11) is 8.28. The second-order valence-corrected chi connectivity index (χ2v) is 19.3. The molecule has 4 heteroatoms. The quantitative estimate of drug-likeness (QED) is 0.143. The van der Waals surface area contributed by atoms with Gasteiger partial charge >= 0.3 is 11.3 Å². The van der Waals surface area contributed by atoms with Crippen LogP contribution in [0.25, 0.3) is 45.3 Å². The van der Waals surface area contributed by atoms with Crippen LogP contribution in [0.1, 0.15) is 94.2 Å². The summed E-state index contributed by atoms with van der Waals surface area (Å²) in [6, 6.07) is 43.4. The molecule has 314 valence electrons. The summed E-state index contributed by atoms with van der Waals surface area (Å²) in [4.78, 5) is 4.25. The zero-order chi connectivity index (χ0) is 43.8. The fraction of sp³-hybridized carbons (Fsp3) is 0.259. The van der Waals surface area contributed by atoms with Crippen LogP contribution in [0.2, 0.25) is 0 Å². The predicted octanol–water partition coefficient (Wildman–Crippen LogP) is 15.2. The zero-order valence-corrected chi connectivity index (χ0v) is 38.3. The van der Waals surface area contributed by atoms with E-state index in [4.69, 9.17) is 9.15 Å². The van der Waals surface area contributed by atoms with Crippen molar-refractivity contribution in [1.82, 2.24) is 0 Å². The van der Waals surface area contributed by atoms with E-state index >= 15 is 0 Å². The van der Waals surface area contributed by atoms with Gasteiger partial charge in [0.1, 0.15) is 11.5 Å². The van der Waals surface area contributed by atoms with E-state index in [2.05, 4.69) is 219 Å². The molecule has 5 aromatic carbocycles. The van der Waals surface area contributed by atoms with Crippen molar-refractivity contribution in [3.05, 3.63) is 190 Å². The fourth-order valence-electron chi connectivity index (χ4n) is 8.37. The van der Waals surface area contributed by atoms with Crippen molar-refractivity contribution >= 4 is 45.3 Å². The molecule has 0 atom stereocenters. The van der Waals surface area contributed by atoms with Crippen molar-refractivity contribution in [2.24, 2.45) is 0 Å². The molecule has 0 unspecified atom stereocenters. The third kappa shape index (κ3) is 9.11. The molecule has 62 heavy (non-hydrogen) atoms. The number of nitrogens with zero attached hydrogens (tertiary/aromatic N) is 2. The van der Waals surface area contributed by atoms with E-state index in [0.29, 0.717) is 0 Å². The lowest BCUT2D eigenvalue weighted by atomic mass is 9.76. The smallest absolute Gasteiger partial charge is 0.363 e. The highest BCUT2D eigenvalue weighted by atomic mass is 16.5. The first-order valence-electron chi connectivity index (χ1n) is 22.0. The third-order valence-electron chi connectivity index (χ3n) is 12.1. The molecule has 2 heterocycles. The van der Waals surface area contributed by atoms with Crippen LogP contribution in [0.15, 0.2) is 161 Å². The number of ether oxygens (including phenoxy) is 1. The Balaban J connectivity index is 1.34. The Bertz CT molecular complexity index is 2750. The molecule has 4 nitrogen and oxygen atoms in total. The predicted molar refractivity (Wildman–Crippen MR) is 266 cm³/mol. The van der Waals surface area contributed by atoms with E-state index in [1.807, 2.05) is 12.1 Å². The van der Waals surface area contributed by atoms with Gasteiger partial charge in [-0.25, -0.2) is 4.42 Å². The summed E-state index contributed by atoms with van der Waals surface area (Å²) < 4.78 is 13.3. The molecule has 2 aliphatic rings. The number of anilines is 2. The Labute approximate surface area is 369 Å². The summed E-state index contributed by atoms with van der Waals surface area (Å²) in [5.41, 5.74) is 16.5. The third-order valence-corrected chi connectivity index (χ3v) is 12.1. The highest BCUT2D eigenvalue weighted by molar-refractivity contribution is 5.93. The van der Waals surface area contributed by atoms with Gasteiger partial charge in [0.25, 0.3) is 0 Å². The van der Waals surface area contributed by atoms with Crippen molar-refractivity contribution in [2.75, 3.05) is 38.0 Å². The van der Waals surface area contributed by atoms with Crippen LogP contribution in [-0.4, -0.2) is 28.2 Å². The fourth-order valence-corrected chi connectivity index (χ4v) is 8.37. The molecular formula is C58H61N2O2+. The minimum absolute atomic E-state index is 0.0192. The molecule has 0 N–H and O–H groups in total. The molecule has 1 aliphatic carbocycles. The monoisotopic (exact) mass is 817 g/mol. The van der Waals surface area contributed by atoms with Gasteiger partial charge in [-0.1, -0.05) is 133 Å². The van der Waals surface area contributed by atoms with Crippen LogP contribution in [0, 0.1) is 0 Å². The second-order valence-electron chi connectivity index (χ2n) is 19.3. The Morgan fingerprint density at radius 2 is 1.23 bits per heavy atom. The largest absolute Gasteiger partial charge is 0.456 e. The lowest BCUT2D eigenvalue weighted by Gasteiger charge is -2.29. The van der Waals surface area contributed by atoms with Gasteiger partial charge in [0.05, 0.1) is 23.1 Å². The van der Waals surface area contributed by atoms with E-state index in [1.165, 1.54) is 33.4 Å². The van der Waals surface area contributed by atoms with E-state index in [1.54, 1.807) is 0 Å². The first-order valence-corrected chi connectivity index (χ1v) is 22.0. The number of rotatable bonds is 8. The number of hydrogen-bond donors (Lipinski definition) is 0. The number of hydrogen-bond acceptors (Lipinski definition) is 3. The van der Waals surface area contributed by atoms with E-state index in [-0.39, 0.29) is 10.8 Å². The first-order chi connectivity index (χ1) is 29.6. The molecule has 0 saturated carbocycles. The van der Waals surface area contributed by atoms with Crippen molar-refractivity contribution in [1.29, 1.82) is 0 Å². The van der Waals surface area contributed by atoms with Crippen LogP contribution >= 0.6 is 0 Å². The number of benzene rings is 5. The zero-order valence-electron chi connectivity index (χ0n) is 38.3. The molecule has 6 aromatic rings. The van der Waals surface area contributed by atoms with E-state index in [0.717, 1.165) is 86.7 Å². The van der Waals surface area contributed by atoms with Crippen molar-refractivity contribution in [2.45, 2.75) is 71.6 Å². The Morgan fingerprint density at radius 1 is 0.597 bits per heavy atom. The van der Waals surface area contributed by atoms with Gasteiger partial charge in [-0.3, -0.25) is 0 Å². The van der Waals surface area contributed by atoms with Crippen molar-refractivity contribution < 1.29 is 9.15 Å². The SMILES string of the molecule is CN(C)c1ccc2c(c1)OC(c1ccccc1)=C/C2=C\C=C1/CCCC(/C=C/c2cc(-c3ccccc3)[o+]c3cc(N(C)C)ccc23)=C1c1cc(C(C)(C)C)cc(C(C)(C)C)c1. The lowest BCUT2D eigenvalue weighted by molar-refractivity contribution is 0.509. The Morgan fingerprint density at radius 3 is 1.87 bits per heavy atom. The molecule has 0 amide bonds. The Hall–Kier alpha value is -6.39. The lowest BCUT2D eigenvalue weighted by Crippen LogP contribution is -2.17. The van der Waals surface area contributed by atoms with Crippen LogP contribution in [0.4, 0.5) is 11.4 Å². The van der Waals surface area contributed by atoms with E-state index in [9.17, 15) is 0 Å². The maximum absolute atomic E-state index is 6.63. The normalized spacial score (nSPS) is 15.9. The van der Waals surface area contributed by atoms with Gasteiger partial charge in [0, 0.05) is 62.3 Å². The molecule has 8 rings (SSSR count). The standard InChI is InChI=1S/C58H61N2O2/c1-57(2,3)46-32-45(33-47(36-46)58(4,5)6)56-41(24-26-43-34-52(39-18-13-11-14-19-39)61-54-37-48(59(7)8)28-30-50(43)54)22-17-23-42(56)25-27-44-35-53(40-20-15-12-16-21-40)62-55-38-49(60(9)10)29-31-51(44)55/h11-16,18-21,24-38H,17,22-23H2,1-10H3/q+1. The van der Waals surface area contributed by atoms with Gasteiger partial charge in [-0.15, -0.1) is 0 Å². The van der Waals surface area contributed by atoms with Crippen LogP contribution in [-0.2, 0) is 10.8 Å². The maximum Gasteiger partial charge on any atom is 0.363 e. The molecule has 0 bridgehead atoms. The number of fused-ring (bicyclic) bond motifs is 2. The van der Waals surface area contributed by atoms with Crippen molar-refractivity contribution in [3.8, 4) is 17.1 Å². The summed E-state index contributed by atoms with van der Waals surface area (Å²) in [5.74, 6) is 2.57. The summed E-state index contributed by atoms with van der Waals surface area (Å²) in [6.07, 6.45) is 14.6. The summed E-state index contributed by atoms with van der Waals surface area (Å²) in [6.45, 7) is 14.0. The highest BCUT2D eigenvalue weighted by Crippen LogP contribution is 2.43. The van der Waals surface area contributed by atoms with Crippen molar-refractivity contribution in [3.63, 3.8) is 0 Å². The molecule has 0 saturated heterocycles. The van der Waals surface area contributed by atoms with Gasteiger partial charge in [0.2, 0.25) is 0 Å². The topological polar surface area (TPSA) is 27.0 Å². The highest BCUT2D eigenvalue weighted by Gasteiger charge is 2.26. The second kappa shape index (κ2) is 17.2. The molecule has 0 spiro atoms. The van der Waals surface area contributed by atoms with Crippen LogP contribution in [0.5, 0.6) is 5.75 Å².